The first-order valence-electron chi connectivity index (χ1n) is 6.99. The van der Waals surface area contributed by atoms with Gasteiger partial charge in [0, 0.05) is 14.1 Å². The van der Waals surface area contributed by atoms with E-state index >= 15 is 0 Å². The fraction of sp³-hybridized carbons (Fsp3) is 0.615. The van der Waals surface area contributed by atoms with Crippen LogP contribution in [0.25, 0.3) is 0 Å². The molecule has 0 bridgehead atoms. The third-order valence-electron chi connectivity index (χ3n) is 3.38. The Morgan fingerprint density at radius 2 is 2.35 bits per heavy atom. The molecular weight excluding hydrogens is 309 g/mol. The molecule has 9 nitrogen and oxygen atoms in total. The number of halogens is 1. The van der Waals surface area contributed by atoms with Gasteiger partial charge in [-0.05, 0) is 0 Å². The van der Waals surface area contributed by atoms with Crippen LogP contribution in [0.5, 0.6) is 0 Å². The van der Waals surface area contributed by atoms with Crippen LogP contribution in [0.4, 0.5) is 10.2 Å². The average Bonchev–Trinajstić information content (AvgIpc) is 3.06. The molecule has 1 aliphatic rings. The van der Waals surface area contributed by atoms with Crippen LogP contribution in [0, 0.1) is 0 Å². The van der Waals surface area contributed by atoms with Gasteiger partial charge in [-0.25, -0.2) is 14.4 Å². The van der Waals surface area contributed by atoms with Crippen molar-refractivity contribution >= 4 is 17.9 Å². The van der Waals surface area contributed by atoms with Gasteiger partial charge in [-0.15, -0.1) is 0 Å². The van der Waals surface area contributed by atoms with Crippen LogP contribution in [0.2, 0.25) is 0 Å². The summed E-state index contributed by atoms with van der Waals surface area (Å²) in [6.07, 6.45) is -2.96. The number of alkyl halides is 1. The lowest BCUT2D eigenvalue weighted by molar-refractivity contribution is -0.0466. The number of imidazole rings is 1. The van der Waals surface area contributed by atoms with Gasteiger partial charge in [0.05, 0.1) is 25.8 Å². The van der Waals surface area contributed by atoms with Gasteiger partial charge < -0.3 is 25.6 Å². The van der Waals surface area contributed by atoms with Gasteiger partial charge in [-0.3, -0.25) is 9.36 Å². The fourth-order valence-electron chi connectivity index (χ4n) is 2.21. The van der Waals surface area contributed by atoms with Crippen molar-refractivity contribution in [2.75, 3.05) is 27.2 Å². The summed E-state index contributed by atoms with van der Waals surface area (Å²) >= 11 is 0. The number of aliphatic hydroxyl groups is 2. The minimum Gasteiger partial charge on any atom is -0.394 e. The molecule has 128 valence electrons. The third kappa shape index (κ3) is 3.39. The Bertz CT molecular complexity index is 591. The van der Waals surface area contributed by atoms with Gasteiger partial charge in [-0.1, -0.05) is 0 Å². The second kappa shape index (κ2) is 7.13. The molecular formula is C13H20FN5O4. The molecule has 0 spiro atoms. The normalized spacial score (nSPS) is 27.7. The van der Waals surface area contributed by atoms with E-state index in [9.17, 15) is 14.3 Å². The summed E-state index contributed by atoms with van der Waals surface area (Å²) in [4.78, 5) is 21.5. The molecule has 0 aliphatic carbocycles. The average molecular weight is 329 g/mol. The third-order valence-corrected chi connectivity index (χ3v) is 3.38. The van der Waals surface area contributed by atoms with Crippen LogP contribution in [0.3, 0.4) is 0 Å². The highest BCUT2D eigenvalue weighted by atomic mass is 19.1. The zero-order valence-corrected chi connectivity index (χ0v) is 12.8. The predicted octanol–water partition coefficient (Wildman–Crippen LogP) is -1.17. The number of hydrogen-bond donors (Lipinski definition) is 3. The molecule has 0 amide bonds. The van der Waals surface area contributed by atoms with E-state index in [1.54, 1.807) is 19.0 Å². The first-order chi connectivity index (χ1) is 10.9. The van der Waals surface area contributed by atoms with Gasteiger partial charge in [0.2, 0.25) is 0 Å². The minimum atomic E-state index is -1.80. The van der Waals surface area contributed by atoms with E-state index in [2.05, 4.69) is 9.98 Å². The molecule has 2 rings (SSSR count). The molecule has 0 aromatic carbocycles. The first kappa shape index (κ1) is 17.5. The maximum atomic E-state index is 14.3. The van der Waals surface area contributed by atoms with Gasteiger partial charge in [0.15, 0.2) is 29.7 Å². The molecule has 10 heteroatoms. The molecule has 1 aliphatic heterocycles. The molecule has 2 heterocycles. The number of aliphatic imine (C=N–C) groups is 1. The van der Waals surface area contributed by atoms with Crippen LogP contribution < -0.4 is 5.73 Å². The fourth-order valence-corrected chi connectivity index (χ4v) is 2.21. The Morgan fingerprint density at radius 1 is 1.65 bits per heavy atom. The Balaban J connectivity index is 2.42. The lowest BCUT2D eigenvalue weighted by Crippen LogP contribution is -2.30. The lowest BCUT2D eigenvalue weighted by Gasteiger charge is -2.16. The Labute approximate surface area is 132 Å². The highest BCUT2D eigenvalue weighted by Crippen LogP contribution is 2.35. The van der Waals surface area contributed by atoms with Gasteiger partial charge in [-0.2, -0.15) is 0 Å². The number of Topliss-reactive ketones (excluding diaryl/α,β-unsaturated/α-hetero) is 1. The quantitative estimate of drug-likeness (QED) is 0.341. The van der Waals surface area contributed by atoms with Crippen LogP contribution >= 0.6 is 0 Å². The highest BCUT2D eigenvalue weighted by molar-refractivity contribution is 5.99. The second-order valence-corrected chi connectivity index (χ2v) is 5.34. The molecule has 0 radical (unpaired) electrons. The van der Waals surface area contributed by atoms with Crippen molar-refractivity contribution in [3.63, 3.8) is 0 Å². The Kier molecular flexibility index (Phi) is 5.42. The lowest BCUT2D eigenvalue weighted by atomic mass is 10.1. The topological polar surface area (TPSA) is 126 Å². The molecule has 1 fully saturated rings. The standard InChI is InChI=1S/C13H20FN5O4/c1-18(2)5-17-12-10(7(21)3-15)16-6-19(12)13-9(14)11(22)8(4-20)23-13/h5-6,8-9,11,13,20,22H,3-4,15H2,1-2H3/b17-5+/t8-,9+,11-,13-/m1/s1. The summed E-state index contributed by atoms with van der Waals surface area (Å²) in [7, 11) is 3.45. The van der Waals surface area contributed by atoms with Gasteiger partial charge >= 0.3 is 0 Å². The van der Waals surface area contributed by atoms with Crippen molar-refractivity contribution in [2.45, 2.75) is 24.6 Å². The summed E-state index contributed by atoms with van der Waals surface area (Å²) in [5.74, 6) is -0.380. The number of ether oxygens (including phenoxy) is 1. The van der Waals surface area contributed by atoms with Crippen molar-refractivity contribution in [3.8, 4) is 0 Å². The highest BCUT2D eigenvalue weighted by Gasteiger charge is 2.45. The molecule has 4 N–H and O–H groups in total. The summed E-state index contributed by atoms with van der Waals surface area (Å²) < 4.78 is 20.8. The summed E-state index contributed by atoms with van der Waals surface area (Å²) in [6.45, 7) is -0.800. The molecule has 23 heavy (non-hydrogen) atoms. The van der Waals surface area contributed by atoms with Crippen molar-refractivity contribution in [1.29, 1.82) is 0 Å². The van der Waals surface area contributed by atoms with Crippen molar-refractivity contribution < 1.29 is 24.1 Å². The van der Waals surface area contributed by atoms with Gasteiger partial charge in [0.25, 0.3) is 0 Å². The van der Waals surface area contributed by atoms with Crippen molar-refractivity contribution in [1.82, 2.24) is 14.5 Å². The molecule has 1 aromatic rings. The first-order valence-corrected chi connectivity index (χ1v) is 6.99. The number of aromatic nitrogens is 2. The number of aliphatic hydroxyl groups excluding tert-OH is 2. The number of nitrogens with zero attached hydrogens (tertiary/aromatic N) is 4. The molecule has 0 unspecified atom stereocenters. The zero-order valence-electron chi connectivity index (χ0n) is 12.8. The summed E-state index contributed by atoms with van der Waals surface area (Å²) in [5, 5.41) is 18.8. The summed E-state index contributed by atoms with van der Waals surface area (Å²) in [6, 6.07) is 0. The number of carbonyl (C=O) groups excluding carboxylic acids is 1. The van der Waals surface area contributed by atoms with Crippen molar-refractivity contribution in [3.05, 3.63) is 12.0 Å². The maximum absolute atomic E-state index is 14.3. The number of rotatable bonds is 6. The van der Waals surface area contributed by atoms with Crippen LogP contribution in [-0.4, -0.2) is 82.4 Å². The molecule has 0 saturated carbocycles. The van der Waals surface area contributed by atoms with E-state index in [4.69, 9.17) is 15.6 Å². The predicted molar refractivity (Wildman–Crippen MR) is 79.3 cm³/mol. The van der Waals surface area contributed by atoms with Crippen molar-refractivity contribution in [2.24, 2.45) is 10.7 Å². The van der Waals surface area contributed by atoms with Crippen LogP contribution in [-0.2, 0) is 4.74 Å². The number of nitrogens with two attached hydrogens (primary N) is 1. The number of ketones is 1. The molecule has 4 atom stereocenters. The van der Waals surface area contributed by atoms with Crippen LogP contribution in [0.1, 0.15) is 16.7 Å². The maximum Gasteiger partial charge on any atom is 0.198 e. The number of hydrogen-bond acceptors (Lipinski definition) is 7. The smallest absolute Gasteiger partial charge is 0.198 e. The Hall–Kier alpha value is -1.88. The van der Waals surface area contributed by atoms with E-state index in [1.807, 2.05) is 0 Å². The van der Waals surface area contributed by atoms with E-state index in [0.29, 0.717) is 0 Å². The monoisotopic (exact) mass is 329 g/mol. The van der Waals surface area contributed by atoms with E-state index in [1.165, 1.54) is 17.2 Å². The molecule has 1 aromatic heterocycles. The van der Waals surface area contributed by atoms with Gasteiger partial charge in [0.1, 0.15) is 12.2 Å². The van der Waals surface area contributed by atoms with Crippen LogP contribution in [0.15, 0.2) is 11.3 Å². The zero-order chi connectivity index (χ0) is 17.1. The largest absolute Gasteiger partial charge is 0.394 e. The summed E-state index contributed by atoms with van der Waals surface area (Å²) in [5.41, 5.74) is 5.33. The SMILES string of the molecule is CN(C)/C=N/c1c(C(=O)CN)ncn1[C@@H]1O[C@H](CO)[C@@H](O)[C@@H]1F. The molecule has 1 saturated heterocycles. The Morgan fingerprint density at radius 3 is 2.87 bits per heavy atom. The minimum absolute atomic E-state index is 0.0108. The van der Waals surface area contributed by atoms with E-state index < -0.39 is 37.0 Å². The van der Waals surface area contributed by atoms with E-state index in [0.717, 1.165) is 0 Å². The number of carbonyl (C=O) groups is 1. The van der Waals surface area contributed by atoms with E-state index in [-0.39, 0.29) is 18.1 Å². The second-order valence-electron chi connectivity index (χ2n) is 5.34.